The van der Waals surface area contributed by atoms with Crippen LogP contribution in [0.4, 0.5) is 14.7 Å². The Bertz CT molecular complexity index is 903. The van der Waals surface area contributed by atoms with Gasteiger partial charge in [0.2, 0.25) is 11.6 Å². The molecule has 0 aromatic carbocycles. The van der Waals surface area contributed by atoms with Crippen LogP contribution in [0.25, 0.3) is 11.0 Å². The molecule has 1 unspecified atom stereocenters. The molecule has 0 amide bonds. The van der Waals surface area contributed by atoms with Crippen LogP contribution in [-0.2, 0) is 4.74 Å². The van der Waals surface area contributed by atoms with Crippen LogP contribution in [0, 0.1) is 18.2 Å². The number of rotatable bonds is 2. The van der Waals surface area contributed by atoms with Crippen molar-refractivity contribution in [2.75, 3.05) is 5.73 Å². The number of terminal acetylenes is 1. The van der Waals surface area contributed by atoms with E-state index in [-0.39, 0.29) is 11.6 Å². The molecule has 1 aliphatic rings. The Morgan fingerprint density at radius 3 is 2.92 bits per heavy atom. The van der Waals surface area contributed by atoms with Crippen molar-refractivity contribution in [2.24, 2.45) is 0 Å². The SMILES string of the molecule is C#CC1(F)[C@@H](O)[C@@H]([C@H](C)O)O[C@H]1n1cc(F)c2c(=O)[nH]c(N)nc21. The van der Waals surface area contributed by atoms with Gasteiger partial charge in [0.05, 0.1) is 6.10 Å². The minimum atomic E-state index is -2.78. The van der Waals surface area contributed by atoms with Crippen LogP contribution in [-0.4, -0.2) is 48.7 Å². The number of hydrogen-bond donors (Lipinski definition) is 4. The average molecular weight is 340 g/mol. The fourth-order valence-electron chi connectivity index (χ4n) is 2.82. The van der Waals surface area contributed by atoms with Gasteiger partial charge in [0.1, 0.15) is 17.6 Å². The number of aromatic amines is 1. The van der Waals surface area contributed by atoms with Crippen LogP contribution >= 0.6 is 0 Å². The highest BCUT2D eigenvalue weighted by molar-refractivity contribution is 5.77. The summed E-state index contributed by atoms with van der Waals surface area (Å²) in [5, 5.41) is 19.2. The third-order valence-corrected chi connectivity index (χ3v) is 3.99. The number of fused-ring (bicyclic) bond motifs is 1. The van der Waals surface area contributed by atoms with E-state index in [1.54, 1.807) is 5.92 Å². The number of hydrogen-bond acceptors (Lipinski definition) is 6. The Morgan fingerprint density at radius 2 is 2.33 bits per heavy atom. The zero-order chi connectivity index (χ0) is 17.8. The number of aliphatic hydroxyl groups is 2. The maximum absolute atomic E-state index is 15.1. The number of anilines is 1. The van der Waals surface area contributed by atoms with E-state index in [1.165, 1.54) is 6.92 Å². The third kappa shape index (κ3) is 2.10. The first-order valence-corrected chi connectivity index (χ1v) is 6.94. The molecule has 0 radical (unpaired) electrons. The predicted octanol–water partition coefficient (Wildman–Crippen LogP) is -0.574. The molecule has 0 saturated carbocycles. The number of nitrogens with zero attached hydrogens (tertiary/aromatic N) is 2. The molecule has 2 aromatic heterocycles. The second-order valence-electron chi connectivity index (χ2n) is 5.58. The first-order chi connectivity index (χ1) is 11.2. The normalized spacial score (nSPS) is 31.2. The molecule has 1 saturated heterocycles. The molecule has 8 nitrogen and oxygen atoms in total. The molecule has 0 bridgehead atoms. The van der Waals surface area contributed by atoms with E-state index >= 15 is 4.39 Å². The van der Waals surface area contributed by atoms with Crippen molar-refractivity contribution < 1.29 is 23.7 Å². The molecule has 2 aromatic rings. The number of halogens is 2. The highest BCUT2D eigenvalue weighted by Crippen LogP contribution is 2.43. The summed E-state index contributed by atoms with van der Waals surface area (Å²) in [6.07, 6.45) is -0.208. The number of aliphatic hydroxyl groups excluding tert-OH is 2. The van der Waals surface area contributed by atoms with Crippen molar-refractivity contribution in [1.82, 2.24) is 14.5 Å². The summed E-state index contributed by atoms with van der Waals surface area (Å²) >= 11 is 0. The third-order valence-electron chi connectivity index (χ3n) is 3.99. The monoisotopic (exact) mass is 340 g/mol. The fourth-order valence-corrected chi connectivity index (χ4v) is 2.82. The minimum absolute atomic E-state index is 0.297. The number of ether oxygens (including phenoxy) is 1. The molecule has 10 heteroatoms. The molecule has 128 valence electrons. The summed E-state index contributed by atoms with van der Waals surface area (Å²) < 4.78 is 35.4. The molecule has 3 rings (SSSR count). The van der Waals surface area contributed by atoms with Crippen molar-refractivity contribution >= 4 is 17.0 Å². The first-order valence-electron chi connectivity index (χ1n) is 6.94. The van der Waals surface area contributed by atoms with Gasteiger partial charge in [0, 0.05) is 6.20 Å². The zero-order valence-electron chi connectivity index (χ0n) is 12.4. The van der Waals surface area contributed by atoms with Crippen LogP contribution in [0.3, 0.4) is 0 Å². The second kappa shape index (κ2) is 5.27. The van der Waals surface area contributed by atoms with Crippen LogP contribution < -0.4 is 11.3 Å². The van der Waals surface area contributed by atoms with Gasteiger partial charge in [-0.25, -0.2) is 8.78 Å². The van der Waals surface area contributed by atoms with E-state index in [1.807, 2.05) is 0 Å². The standard InChI is InChI=1S/C14H14F2N4O4/c1-3-14(16)9(22)8(5(2)21)24-12(14)20-4-6(15)7-10(20)18-13(17)19-11(7)23/h1,4-5,8-9,12,21-22H,2H3,(H3,17,18,19,23)/t5-,8+,9-,12+,14?/m0/s1. The molecule has 1 aliphatic heterocycles. The van der Waals surface area contributed by atoms with Gasteiger partial charge >= 0.3 is 0 Å². The smallest absolute Gasteiger partial charge is 0.264 e. The Labute approximate surface area is 133 Å². The summed E-state index contributed by atoms with van der Waals surface area (Å²) in [5.74, 6) is 0.479. The lowest BCUT2D eigenvalue weighted by molar-refractivity contribution is -0.0776. The van der Waals surface area contributed by atoms with Crippen LogP contribution in [0.15, 0.2) is 11.0 Å². The summed E-state index contributed by atoms with van der Waals surface area (Å²) in [5.41, 5.74) is 1.51. The molecular formula is C14H14F2N4O4. The quantitative estimate of drug-likeness (QED) is 0.542. The maximum Gasteiger partial charge on any atom is 0.264 e. The maximum atomic E-state index is 15.1. The summed E-state index contributed by atoms with van der Waals surface area (Å²) in [7, 11) is 0. The molecule has 1 fully saturated rings. The Morgan fingerprint density at radius 1 is 1.67 bits per heavy atom. The van der Waals surface area contributed by atoms with Gasteiger partial charge in [-0.15, -0.1) is 6.42 Å². The summed E-state index contributed by atoms with van der Waals surface area (Å²) in [4.78, 5) is 17.7. The molecule has 5 atom stereocenters. The van der Waals surface area contributed by atoms with E-state index < -0.39 is 47.0 Å². The number of nitrogens with one attached hydrogen (secondary N) is 1. The molecular weight excluding hydrogens is 326 g/mol. The summed E-state index contributed by atoms with van der Waals surface area (Å²) in [6.45, 7) is 1.28. The van der Waals surface area contributed by atoms with Gasteiger partial charge in [0.15, 0.2) is 17.7 Å². The van der Waals surface area contributed by atoms with Gasteiger partial charge in [-0.2, -0.15) is 4.98 Å². The van der Waals surface area contributed by atoms with Crippen molar-refractivity contribution in [3.63, 3.8) is 0 Å². The largest absolute Gasteiger partial charge is 0.391 e. The molecule has 3 heterocycles. The van der Waals surface area contributed by atoms with Gasteiger partial charge in [-0.05, 0) is 6.92 Å². The average Bonchev–Trinajstić information content (AvgIpc) is 2.95. The fraction of sp³-hybridized carbons (Fsp3) is 0.429. The van der Waals surface area contributed by atoms with Crippen molar-refractivity contribution in [2.45, 2.75) is 37.1 Å². The molecule has 24 heavy (non-hydrogen) atoms. The van der Waals surface area contributed by atoms with Gasteiger partial charge < -0.3 is 20.7 Å². The Kier molecular flexibility index (Phi) is 3.60. The molecule has 0 aliphatic carbocycles. The topological polar surface area (TPSA) is 126 Å². The van der Waals surface area contributed by atoms with Gasteiger partial charge in [-0.3, -0.25) is 14.3 Å². The van der Waals surface area contributed by atoms with E-state index in [9.17, 15) is 19.4 Å². The van der Waals surface area contributed by atoms with Crippen LogP contribution in [0.2, 0.25) is 0 Å². The Balaban J connectivity index is 2.24. The number of H-pyrrole nitrogens is 1. The highest BCUT2D eigenvalue weighted by atomic mass is 19.1. The minimum Gasteiger partial charge on any atom is -0.391 e. The van der Waals surface area contributed by atoms with E-state index in [0.717, 1.165) is 10.8 Å². The van der Waals surface area contributed by atoms with E-state index in [4.69, 9.17) is 16.9 Å². The lowest BCUT2D eigenvalue weighted by atomic mass is 9.95. The molecule has 5 N–H and O–H groups in total. The van der Waals surface area contributed by atoms with Gasteiger partial charge in [-0.1, -0.05) is 5.92 Å². The number of aromatic nitrogens is 3. The van der Waals surface area contributed by atoms with Crippen molar-refractivity contribution in [3.8, 4) is 12.3 Å². The van der Waals surface area contributed by atoms with Gasteiger partial charge in [0.25, 0.3) is 5.56 Å². The molecule has 0 spiro atoms. The number of nitrogens with two attached hydrogens (primary N) is 1. The van der Waals surface area contributed by atoms with Crippen molar-refractivity contribution in [1.29, 1.82) is 0 Å². The second-order valence-corrected chi connectivity index (χ2v) is 5.58. The number of nitrogen functional groups attached to an aromatic ring is 1. The van der Waals surface area contributed by atoms with E-state index in [0.29, 0.717) is 0 Å². The van der Waals surface area contributed by atoms with Crippen LogP contribution in [0.1, 0.15) is 13.2 Å². The number of alkyl halides is 1. The van der Waals surface area contributed by atoms with E-state index in [2.05, 4.69) is 9.97 Å². The van der Waals surface area contributed by atoms with Crippen molar-refractivity contribution in [3.05, 3.63) is 22.4 Å². The van der Waals surface area contributed by atoms with Crippen LogP contribution in [0.5, 0.6) is 0 Å². The first kappa shape index (κ1) is 16.4. The summed E-state index contributed by atoms with van der Waals surface area (Å²) in [6, 6.07) is 0. The zero-order valence-corrected chi connectivity index (χ0v) is 12.4. The highest BCUT2D eigenvalue weighted by Gasteiger charge is 2.59. The Hall–Kier alpha value is -2.48. The predicted molar refractivity (Wildman–Crippen MR) is 79.0 cm³/mol. The lowest BCUT2D eigenvalue weighted by Crippen LogP contribution is -2.43. The lowest BCUT2D eigenvalue weighted by Gasteiger charge is -2.24.